The van der Waals surface area contributed by atoms with E-state index in [1.807, 2.05) is 0 Å². The molecular weight excluding hydrogens is 256 g/mol. The van der Waals surface area contributed by atoms with E-state index in [9.17, 15) is 4.79 Å². The number of benzene rings is 1. The molecule has 104 valence electrons. The number of ether oxygens (including phenoxy) is 1. The van der Waals surface area contributed by atoms with E-state index < -0.39 is 6.16 Å². The predicted octanol–water partition coefficient (Wildman–Crippen LogP) is 2.23. The van der Waals surface area contributed by atoms with Gasteiger partial charge in [0, 0.05) is 35.6 Å². The van der Waals surface area contributed by atoms with Gasteiger partial charge >= 0.3 is 6.16 Å². The molecule has 0 bridgehead atoms. The van der Waals surface area contributed by atoms with Crippen molar-refractivity contribution in [3.63, 3.8) is 0 Å². The van der Waals surface area contributed by atoms with Crippen molar-refractivity contribution in [1.82, 2.24) is 10.3 Å². The van der Waals surface area contributed by atoms with Crippen molar-refractivity contribution in [2.24, 2.45) is 0 Å². The number of hydrogen-bond acceptors (Lipinski definition) is 3. The number of hydrogen-bond donors (Lipinski definition) is 3. The lowest BCUT2D eigenvalue weighted by Gasteiger charge is -2.39. The summed E-state index contributed by atoms with van der Waals surface area (Å²) in [6.45, 7) is 0.600. The van der Waals surface area contributed by atoms with Gasteiger partial charge in [-0.15, -0.1) is 0 Å². The minimum atomic E-state index is -1.19. The molecule has 2 aliphatic rings. The zero-order valence-corrected chi connectivity index (χ0v) is 10.9. The number of rotatable bonds is 1. The molecule has 2 aromatic rings. The topological polar surface area (TPSA) is 74.3 Å². The Morgan fingerprint density at radius 1 is 1.40 bits per heavy atom. The van der Waals surface area contributed by atoms with Gasteiger partial charge in [-0.25, -0.2) is 4.79 Å². The van der Waals surface area contributed by atoms with Crippen LogP contribution in [-0.4, -0.2) is 34.9 Å². The summed E-state index contributed by atoms with van der Waals surface area (Å²) in [7, 11) is 0. The van der Waals surface area contributed by atoms with Gasteiger partial charge in [0.25, 0.3) is 0 Å². The van der Waals surface area contributed by atoms with Crippen LogP contribution in [0.3, 0.4) is 0 Å². The van der Waals surface area contributed by atoms with Crippen molar-refractivity contribution in [2.45, 2.75) is 30.9 Å². The lowest BCUT2D eigenvalue weighted by atomic mass is 9.75. The first kappa shape index (κ1) is 11.8. The van der Waals surface area contributed by atoms with Crippen LogP contribution in [0.25, 0.3) is 10.9 Å². The van der Waals surface area contributed by atoms with Gasteiger partial charge in [0.1, 0.15) is 6.10 Å². The maximum atomic E-state index is 10.7. The average Bonchev–Trinajstić information content (AvgIpc) is 2.84. The monoisotopic (exact) mass is 272 g/mol. The summed E-state index contributed by atoms with van der Waals surface area (Å²) < 4.78 is 4.95. The van der Waals surface area contributed by atoms with E-state index >= 15 is 0 Å². The third-order valence-corrected chi connectivity index (χ3v) is 4.54. The van der Waals surface area contributed by atoms with Crippen LogP contribution >= 0.6 is 0 Å². The summed E-state index contributed by atoms with van der Waals surface area (Å²) in [6.07, 6.45) is 2.39. The summed E-state index contributed by atoms with van der Waals surface area (Å²) in [5.74, 6) is 0.320. The third-order valence-electron chi connectivity index (χ3n) is 4.54. The number of nitrogens with one attached hydrogen (secondary N) is 2. The molecule has 0 spiro atoms. The molecule has 3 N–H and O–H groups in total. The van der Waals surface area contributed by atoms with Crippen LogP contribution in [0.5, 0.6) is 0 Å². The van der Waals surface area contributed by atoms with Crippen LogP contribution < -0.4 is 5.32 Å². The van der Waals surface area contributed by atoms with Crippen LogP contribution in [0.2, 0.25) is 0 Å². The molecule has 5 heteroatoms. The lowest BCUT2D eigenvalue weighted by molar-refractivity contribution is 0.0312. The number of carbonyl (C=O) groups is 1. The molecule has 0 amide bonds. The highest BCUT2D eigenvalue weighted by Gasteiger charge is 2.37. The number of carboxylic acid groups (broad SMARTS) is 1. The molecular formula is C15H16N2O3. The highest BCUT2D eigenvalue weighted by Crippen LogP contribution is 2.40. The highest BCUT2D eigenvalue weighted by molar-refractivity contribution is 5.88. The van der Waals surface area contributed by atoms with Crippen molar-refractivity contribution in [3.8, 4) is 0 Å². The van der Waals surface area contributed by atoms with Crippen molar-refractivity contribution in [1.29, 1.82) is 0 Å². The first-order valence-corrected chi connectivity index (χ1v) is 6.94. The SMILES string of the molecule is O=C(O)OC1CN[C@@H]2Cc3c[nH]c4cccc(c34)C2C1. The van der Waals surface area contributed by atoms with E-state index in [2.05, 4.69) is 34.7 Å². The summed E-state index contributed by atoms with van der Waals surface area (Å²) in [5.41, 5.74) is 3.82. The van der Waals surface area contributed by atoms with Crippen LogP contribution in [0.15, 0.2) is 24.4 Å². The van der Waals surface area contributed by atoms with Crippen LogP contribution in [-0.2, 0) is 11.2 Å². The molecule has 1 saturated heterocycles. The molecule has 5 nitrogen and oxygen atoms in total. The van der Waals surface area contributed by atoms with Gasteiger partial charge < -0.3 is 20.1 Å². The normalized spacial score (nSPS) is 28.1. The van der Waals surface area contributed by atoms with Crippen molar-refractivity contribution >= 4 is 17.1 Å². The Bertz CT molecular complexity index is 679. The van der Waals surface area contributed by atoms with E-state index in [0.717, 1.165) is 18.4 Å². The molecule has 2 heterocycles. The predicted molar refractivity (Wildman–Crippen MR) is 74.0 cm³/mol. The third kappa shape index (κ3) is 1.70. The minimum Gasteiger partial charge on any atom is -0.450 e. The van der Waals surface area contributed by atoms with Crippen LogP contribution in [0, 0.1) is 0 Å². The standard InChI is InChI=1S/C15H16N2O3/c18-15(19)20-9-5-11-10-2-1-3-12-14(10)8(6-16-12)4-13(11)17-7-9/h1-3,6,9,11,13,16-17H,4-5,7H2,(H,18,19)/t9?,11?,13-/m1/s1. The second-order valence-electron chi connectivity index (χ2n) is 5.65. The number of piperidine rings is 1. The quantitative estimate of drug-likeness (QED) is 0.696. The first-order chi connectivity index (χ1) is 9.72. The zero-order chi connectivity index (χ0) is 13.7. The second kappa shape index (κ2) is 4.24. The summed E-state index contributed by atoms with van der Waals surface area (Å²) in [5, 5.41) is 13.5. The minimum absolute atomic E-state index is 0.260. The maximum Gasteiger partial charge on any atom is 0.506 e. The molecule has 1 aliphatic carbocycles. The van der Waals surface area contributed by atoms with Crippen molar-refractivity contribution in [3.05, 3.63) is 35.5 Å². The van der Waals surface area contributed by atoms with Gasteiger partial charge in [-0.2, -0.15) is 0 Å². The highest BCUT2D eigenvalue weighted by atomic mass is 16.7. The number of fused-ring (bicyclic) bond motifs is 2. The number of aromatic nitrogens is 1. The first-order valence-electron chi connectivity index (χ1n) is 6.94. The molecule has 3 atom stereocenters. The average molecular weight is 272 g/mol. The zero-order valence-electron chi connectivity index (χ0n) is 10.9. The Morgan fingerprint density at radius 2 is 2.30 bits per heavy atom. The van der Waals surface area contributed by atoms with E-state index in [-0.39, 0.29) is 6.10 Å². The van der Waals surface area contributed by atoms with Crippen molar-refractivity contribution < 1.29 is 14.6 Å². The molecule has 2 unspecified atom stereocenters. The number of aromatic amines is 1. The second-order valence-corrected chi connectivity index (χ2v) is 5.65. The maximum absolute atomic E-state index is 10.7. The van der Waals surface area contributed by atoms with E-state index in [1.54, 1.807) is 0 Å². The smallest absolute Gasteiger partial charge is 0.450 e. The van der Waals surface area contributed by atoms with E-state index in [0.29, 0.717) is 18.5 Å². The van der Waals surface area contributed by atoms with Gasteiger partial charge in [0.15, 0.2) is 0 Å². The molecule has 1 aliphatic heterocycles. The van der Waals surface area contributed by atoms with Crippen LogP contribution in [0.4, 0.5) is 4.79 Å². The Morgan fingerprint density at radius 3 is 3.15 bits per heavy atom. The van der Waals surface area contributed by atoms with Gasteiger partial charge in [0.05, 0.1) is 0 Å². The van der Waals surface area contributed by atoms with Crippen LogP contribution in [0.1, 0.15) is 23.5 Å². The Labute approximate surface area is 115 Å². The molecule has 1 aromatic carbocycles. The fourth-order valence-electron chi connectivity index (χ4n) is 3.74. The molecule has 1 aromatic heterocycles. The summed E-state index contributed by atoms with van der Waals surface area (Å²) >= 11 is 0. The molecule has 20 heavy (non-hydrogen) atoms. The summed E-state index contributed by atoms with van der Waals surface area (Å²) in [6, 6.07) is 6.67. The van der Waals surface area contributed by atoms with E-state index in [1.165, 1.54) is 16.5 Å². The number of H-pyrrole nitrogens is 1. The van der Waals surface area contributed by atoms with E-state index in [4.69, 9.17) is 9.84 Å². The Kier molecular flexibility index (Phi) is 2.50. The Hall–Kier alpha value is -2.01. The van der Waals surface area contributed by atoms with Gasteiger partial charge in [-0.3, -0.25) is 0 Å². The largest absolute Gasteiger partial charge is 0.506 e. The molecule has 0 radical (unpaired) electrons. The summed E-state index contributed by atoms with van der Waals surface area (Å²) in [4.78, 5) is 14.0. The van der Waals surface area contributed by atoms with Crippen molar-refractivity contribution in [2.75, 3.05) is 6.54 Å². The fraction of sp³-hybridized carbons (Fsp3) is 0.400. The van der Waals surface area contributed by atoms with Gasteiger partial charge in [-0.1, -0.05) is 12.1 Å². The molecule has 1 fully saturated rings. The lowest BCUT2D eigenvalue weighted by Crippen LogP contribution is -2.49. The molecule has 0 saturated carbocycles. The Balaban J connectivity index is 1.73. The molecule has 4 rings (SSSR count). The van der Waals surface area contributed by atoms with Gasteiger partial charge in [-0.05, 0) is 30.0 Å². The van der Waals surface area contributed by atoms with Gasteiger partial charge in [0.2, 0.25) is 0 Å². The fourth-order valence-corrected chi connectivity index (χ4v) is 3.74.